The van der Waals surface area contributed by atoms with Gasteiger partial charge in [-0.1, -0.05) is 43.9 Å². The summed E-state index contributed by atoms with van der Waals surface area (Å²) in [5.41, 5.74) is 4.58. The number of hydrogen-bond donors (Lipinski definition) is 1. The number of benzene rings is 1. The average Bonchev–Trinajstić information content (AvgIpc) is 3.10. The van der Waals surface area contributed by atoms with Crippen molar-refractivity contribution in [2.45, 2.75) is 64.8 Å². The lowest BCUT2D eigenvalue weighted by Crippen LogP contribution is -2.30. The van der Waals surface area contributed by atoms with Gasteiger partial charge in [0.1, 0.15) is 0 Å². The Morgan fingerprint density at radius 3 is 2.30 bits per heavy atom. The molecule has 1 nitrogen and oxygen atoms in total. The van der Waals surface area contributed by atoms with Crippen molar-refractivity contribution in [3.63, 3.8) is 0 Å². The average molecular weight is 271 g/mol. The molecule has 0 saturated heterocycles. The molecule has 1 atom stereocenters. The summed E-state index contributed by atoms with van der Waals surface area (Å²) in [7, 11) is 0. The van der Waals surface area contributed by atoms with Gasteiger partial charge < -0.3 is 5.32 Å². The van der Waals surface area contributed by atoms with Gasteiger partial charge in [0.2, 0.25) is 0 Å². The van der Waals surface area contributed by atoms with Crippen LogP contribution in [0.15, 0.2) is 18.2 Å². The second-order valence-corrected chi connectivity index (χ2v) is 7.06. The zero-order chi connectivity index (χ0) is 13.9. The molecule has 0 spiro atoms. The summed E-state index contributed by atoms with van der Waals surface area (Å²) in [6.07, 6.45) is 9.92. The minimum absolute atomic E-state index is 0.844. The molecule has 2 aliphatic rings. The largest absolute Gasteiger partial charge is 0.314 e. The van der Waals surface area contributed by atoms with Crippen LogP contribution >= 0.6 is 0 Å². The fourth-order valence-corrected chi connectivity index (χ4v) is 3.87. The van der Waals surface area contributed by atoms with Crippen LogP contribution in [-0.2, 0) is 6.42 Å². The highest BCUT2D eigenvalue weighted by Gasteiger charge is 2.28. The molecule has 3 rings (SSSR count). The number of rotatable bonds is 6. The smallest absolute Gasteiger partial charge is 0.00683 e. The maximum absolute atomic E-state index is 3.79. The Hall–Kier alpha value is -0.820. The Bertz CT molecular complexity index is 421. The molecule has 0 aliphatic heterocycles. The molecular formula is C19H29N. The predicted octanol–water partition coefficient (Wildman–Crippen LogP) is 4.40. The monoisotopic (exact) mass is 271 g/mol. The van der Waals surface area contributed by atoms with Gasteiger partial charge in [-0.2, -0.15) is 0 Å². The lowest BCUT2D eigenvalue weighted by molar-refractivity contribution is 0.319. The quantitative estimate of drug-likeness (QED) is 0.808. The molecule has 2 fully saturated rings. The molecule has 20 heavy (non-hydrogen) atoms. The second kappa shape index (κ2) is 6.30. The van der Waals surface area contributed by atoms with Crippen LogP contribution in [0.2, 0.25) is 0 Å². The molecule has 0 amide bonds. The first-order chi connectivity index (χ1) is 9.74. The van der Waals surface area contributed by atoms with Crippen LogP contribution < -0.4 is 5.32 Å². The standard InChI is InChI=1S/C19H29N/c1-14-6-5-7-15(2)19(14)12-17(13-20-18-10-11-18)16-8-3-4-9-16/h5-7,16-18,20H,3-4,8-13H2,1-2H3. The first-order valence-corrected chi connectivity index (χ1v) is 8.52. The maximum atomic E-state index is 3.79. The third kappa shape index (κ3) is 3.44. The van der Waals surface area contributed by atoms with Crippen LogP contribution in [-0.4, -0.2) is 12.6 Å². The first kappa shape index (κ1) is 14.1. The van der Waals surface area contributed by atoms with Crippen LogP contribution in [0.5, 0.6) is 0 Å². The minimum Gasteiger partial charge on any atom is -0.314 e. The van der Waals surface area contributed by atoms with Crippen molar-refractivity contribution in [2.75, 3.05) is 6.54 Å². The van der Waals surface area contributed by atoms with Crippen LogP contribution in [0, 0.1) is 25.7 Å². The van der Waals surface area contributed by atoms with E-state index in [4.69, 9.17) is 0 Å². The van der Waals surface area contributed by atoms with Gasteiger partial charge in [-0.15, -0.1) is 0 Å². The van der Waals surface area contributed by atoms with E-state index in [1.807, 2.05) is 0 Å². The molecule has 0 radical (unpaired) electrons. The Labute approximate surface area is 124 Å². The molecule has 1 aromatic carbocycles. The van der Waals surface area contributed by atoms with Crippen molar-refractivity contribution in [1.29, 1.82) is 0 Å². The molecule has 1 unspecified atom stereocenters. The van der Waals surface area contributed by atoms with Crippen molar-refractivity contribution in [3.8, 4) is 0 Å². The maximum Gasteiger partial charge on any atom is 0.00683 e. The highest BCUT2D eigenvalue weighted by molar-refractivity contribution is 5.34. The normalized spacial score (nSPS) is 21.3. The fraction of sp³-hybridized carbons (Fsp3) is 0.684. The third-order valence-electron chi connectivity index (χ3n) is 5.42. The van der Waals surface area contributed by atoms with E-state index in [1.165, 1.54) is 62.6 Å². The Morgan fingerprint density at radius 1 is 1.05 bits per heavy atom. The second-order valence-electron chi connectivity index (χ2n) is 7.06. The van der Waals surface area contributed by atoms with E-state index in [0.717, 1.165) is 17.9 Å². The summed E-state index contributed by atoms with van der Waals surface area (Å²) in [5, 5.41) is 3.79. The summed E-state index contributed by atoms with van der Waals surface area (Å²) < 4.78 is 0. The van der Waals surface area contributed by atoms with E-state index in [-0.39, 0.29) is 0 Å². The van der Waals surface area contributed by atoms with Gasteiger partial charge in [0, 0.05) is 6.04 Å². The van der Waals surface area contributed by atoms with Crippen molar-refractivity contribution < 1.29 is 0 Å². The van der Waals surface area contributed by atoms with Gasteiger partial charge in [0.25, 0.3) is 0 Å². The van der Waals surface area contributed by atoms with E-state index in [2.05, 4.69) is 37.4 Å². The first-order valence-electron chi connectivity index (χ1n) is 8.52. The highest BCUT2D eigenvalue weighted by atomic mass is 14.9. The Morgan fingerprint density at radius 2 is 1.70 bits per heavy atom. The number of nitrogens with one attached hydrogen (secondary N) is 1. The summed E-state index contributed by atoms with van der Waals surface area (Å²) in [4.78, 5) is 0. The van der Waals surface area contributed by atoms with Crippen LogP contribution in [0.1, 0.15) is 55.2 Å². The molecule has 2 saturated carbocycles. The lowest BCUT2D eigenvalue weighted by atomic mass is 9.83. The van der Waals surface area contributed by atoms with Crippen LogP contribution in [0.4, 0.5) is 0 Å². The molecular weight excluding hydrogens is 242 g/mol. The van der Waals surface area contributed by atoms with E-state index >= 15 is 0 Å². The summed E-state index contributed by atoms with van der Waals surface area (Å²) in [5.74, 6) is 1.80. The zero-order valence-electron chi connectivity index (χ0n) is 13.1. The molecule has 2 aliphatic carbocycles. The number of aryl methyl sites for hydroxylation is 2. The van der Waals surface area contributed by atoms with Crippen molar-refractivity contribution >= 4 is 0 Å². The molecule has 0 heterocycles. The molecule has 0 aromatic heterocycles. The molecule has 1 aromatic rings. The number of hydrogen-bond acceptors (Lipinski definition) is 1. The van der Waals surface area contributed by atoms with Crippen molar-refractivity contribution in [2.24, 2.45) is 11.8 Å². The van der Waals surface area contributed by atoms with Crippen molar-refractivity contribution in [1.82, 2.24) is 5.32 Å². The Kier molecular flexibility index (Phi) is 4.45. The van der Waals surface area contributed by atoms with Crippen LogP contribution in [0.25, 0.3) is 0 Å². The molecule has 1 N–H and O–H groups in total. The lowest BCUT2D eigenvalue weighted by Gasteiger charge is -2.25. The topological polar surface area (TPSA) is 12.0 Å². The molecule has 110 valence electrons. The zero-order valence-corrected chi connectivity index (χ0v) is 13.1. The molecule has 0 bridgehead atoms. The molecule has 1 heteroatoms. The van der Waals surface area contributed by atoms with Crippen LogP contribution in [0.3, 0.4) is 0 Å². The van der Waals surface area contributed by atoms with E-state index in [9.17, 15) is 0 Å². The van der Waals surface area contributed by atoms with E-state index in [1.54, 1.807) is 5.56 Å². The summed E-state index contributed by atoms with van der Waals surface area (Å²) in [6.45, 7) is 5.80. The SMILES string of the molecule is Cc1cccc(C)c1CC(CNC1CC1)C1CCCC1. The van der Waals surface area contributed by atoms with Gasteiger partial charge in [0.05, 0.1) is 0 Å². The van der Waals surface area contributed by atoms with E-state index in [0.29, 0.717) is 0 Å². The highest BCUT2D eigenvalue weighted by Crippen LogP contribution is 2.34. The fourth-order valence-electron chi connectivity index (χ4n) is 3.87. The van der Waals surface area contributed by atoms with E-state index < -0.39 is 0 Å². The predicted molar refractivity (Wildman–Crippen MR) is 86.1 cm³/mol. The third-order valence-corrected chi connectivity index (χ3v) is 5.42. The van der Waals surface area contributed by atoms with Gasteiger partial charge in [0.15, 0.2) is 0 Å². The van der Waals surface area contributed by atoms with Gasteiger partial charge in [-0.25, -0.2) is 0 Å². The van der Waals surface area contributed by atoms with Crippen molar-refractivity contribution in [3.05, 3.63) is 34.9 Å². The Balaban J connectivity index is 1.70. The van der Waals surface area contributed by atoms with Gasteiger partial charge in [-0.3, -0.25) is 0 Å². The summed E-state index contributed by atoms with van der Waals surface area (Å²) in [6, 6.07) is 7.60. The minimum atomic E-state index is 0.844. The summed E-state index contributed by atoms with van der Waals surface area (Å²) >= 11 is 0. The van der Waals surface area contributed by atoms with Gasteiger partial charge >= 0.3 is 0 Å². The van der Waals surface area contributed by atoms with Gasteiger partial charge in [-0.05, 0) is 68.2 Å².